The van der Waals surface area contributed by atoms with Gasteiger partial charge in [0.15, 0.2) is 0 Å². The molecule has 0 N–H and O–H groups in total. The molecule has 1 heteroatoms. The van der Waals surface area contributed by atoms with Crippen LogP contribution in [0.15, 0.2) is 231 Å². The van der Waals surface area contributed by atoms with Crippen molar-refractivity contribution < 1.29 is 0 Å². The first-order valence-electron chi connectivity index (χ1n) is 26.2. The summed E-state index contributed by atoms with van der Waals surface area (Å²) in [5.74, 6) is 0.666. The number of fused-ring (bicyclic) bond motifs is 5. The highest BCUT2D eigenvalue weighted by Crippen LogP contribution is 2.49. The van der Waals surface area contributed by atoms with Crippen molar-refractivity contribution in [3.63, 3.8) is 0 Å². The van der Waals surface area contributed by atoms with E-state index in [0.717, 1.165) is 0 Å². The molecule has 346 valence electrons. The lowest BCUT2D eigenvalue weighted by atomic mass is 9.81. The van der Waals surface area contributed by atoms with Crippen molar-refractivity contribution in [3.05, 3.63) is 236 Å². The van der Waals surface area contributed by atoms with Gasteiger partial charge in [-0.2, -0.15) is 0 Å². The standard InChI is InChI=1S/C71H58Si/c1-72(2,3)57-41-37-50(38-42-57)49-31-35-53(36-32-49)68-60-24-12-13-25-61(60)70(52-20-8-5-9-21-52)66-45-55(39-43-64(66)68)56-40-44-65-67(46-56)71(59-28-16-22-51-19-10-11-23-58(51)59)63-27-15-14-26-62(63)69(65)54-33-29-48(30-34-54)47-17-6-4-7-18-47/h5,8-16,19-47H,4,6-7,17-18H2,1-3H3. The van der Waals surface area contributed by atoms with Crippen molar-refractivity contribution in [2.24, 2.45) is 0 Å². The Labute approximate surface area is 425 Å². The van der Waals surface area contributed by atoms with Crippen LogP contribution in [0.25, 0.3) is 121 Å². The first-order chi connectivity index (χ1) is 35.4. The van der Waals surface area contributed by atoms with E-state index < -0.39 is 8.07 Å². The molecule has 0 radical (unpaired) electrons. The Morgan fingerprint density at radius 3 is 1.26 bits per heavy atom. The van der Waals surface area contributed by atoms with Crippen LogP contribution < -0.4 is 5.19 Å². The van der Waals surface area contributed by atoms with E-state index in [-0.39, 0.29) is 0 Å². The van der Waals surface area contributed by atoms with Crippen molar-refractivity contribution in [1.29, 1.82) is 0 Å². The molecule has 0 bridgehead atoms. The van der Waals surface area contributed by atoms with Gasteiger partial charge in [0.2, 0.25) is 0 Å². The van der Waals surface area contributed by atoms with Crippen LogP contribution in [0.1, 0.15) is 43.6 Å². The molecule has 72 heavy (non-hydrogen) atoms. The summed E-state index contributed by atoms with van der Waals surface area (Å²) >= 11 is 0. The Morgan fingerprint density at radius 2 is 0.694 bits per heavy atom. The quantitative estimate of drug-likeness (QED) is 0.105. The van der Waals surface area contributed by atoms with Crippen LogP contribution >= 0.6 is 0 Å². The van der Waals surface area contributed by atoms with Crippen molar-refractivity contribution in [2.75, 3.05) is 0 Å². The van der Waals surface area contributed by atoms with Gasteiger partial charge < -0.3 is 0 Å². The highest BCUT2D eigenvalue weighted by atomic mass is 28.3. The Balaban J connectivity index is 1.03. The van der Waals surface area contributed by atoms with E-state index in [1.807, 2.05) is 0 Å². The molecule has 0 nitrogen and oxygen atoms in total. The number of rotatable bonds is 8. The van der Waals surface area contributed by atoms with Crippen LogP contribution in [0.2, 0.25) is 19.6 Å². The van der Waals surface area contributed by atoms with Gasteiger partial charge in [0.25, 0.3) is 0 Å². The van der Waals surface area contributed by atoms with E-state index in [1.165, 1.54) is 163 Å². The van der Waals surface area contributed by atoms with Crippen molar-refractivity contribution in [2.45, 2.75) is 57.7 Å². The van der Waals surface area contributed by atoms with Gasteiger partial charge in [0.1, 0.15) is 0 Å². The van der Waals surface area contributed by atoms with E-state index in [0.29, 0.717) is 5.92 Å². The zero-order valence-electron chi connectivity index (χ0n) is 41.6. The largest absolute Gasteiger partial charge is 0.0775 e. The smallest absolute Gasteiger partial charge is 0.0656 e. The van der Waals surface area contributed by atoms with E-state index in [2.05, 4.69) is 250 Å². The van der Waals surface area contributed by atoms with Gasteiger partial charge in [0.05, 0.1) is 8.07 Å². The Hall–Kier alpha value is -7.84. The fraction of sp³-hybridized carbons (Fsp3) is 0.127. The lowest BCUT2D eigenvalue weighted by Gasteiger charge is -2.23. The molecule has 0 amide bonds. The summed E-state index contributed by atoms with van der Waals surface area (Å²) < 4.78 is 0. The minimum absolute atomic E-state index is 0.666. The van der Waals surface area contributed by atoms with E-state index in [4.69, 9.17) is 0 Å². The fourth-order valence-corrected chi connectivity index (χ4v) is 13.5. The maximum absolute atomic E-state index is 2.50. The highest BCUT2D eigenvalue weighted by molar-refractivity contribution is 6.88. The number of benzene rings is 12. The summed E-state index contributed by atoms with van der Waals surface area (Å²) in [6.45, 7) is 7.24. The van der Waals surface area contributed by atoms with Crippen LogP contribution in [-0.2, 0) is 0 Å². The molecule has 0 heterocycles. The molecule has 0 aliphatic heterocycles. The Kier molecular flexibility index (Phi) is 11.1. The SMILES string of the molecule is C[Si](C)(C)c1ccc(-c2ccc(-c3c4ccccc4c(-c4ccccc4)c4cc(-c5ccc6c(-c7ccc(C8CCCCC8)cc7)c7ccccc7c(-c7cccc8ccccc78)c6c5)ccc34)cc2)cc1. The van der Waals surface area contributed by atoms with E-state index in [9.17, 15) is 0 Å². The minimum atomic E-state index is -1.39. The average Bonchev–Trinajstić information content (AvgIpc) is 3.44. The second kappa shape index (κ2) is 18.1. The van der Waals surface area contributed by atoms with E-state index in [1.54, 1.807) is 0 Å². The molecule has 0 spiro atoms. The van der Waals surface area contributed by atoms with Crippen LogP contribution in [0.4, 0.5) is 0 Å². The van der Waals surface area contributed by atoms with Crippen molar-refractivity contribution in [1.82, 2.24) is 0 Å². The normalized spacial score (nSPS) is 13.4. The summed E-state index contributed by atoms with van der Waals surface area (Å²) in [6, 6.07) is 87.7. The van der Waals surface area contributed by atoms with Crippen LogP contribution in [0, 0.1) is 0 Å². The molecule has 1 fully saturated rings. The zero-order chi connectivity index (χ0) is 48.3. The van der Waals surface area contributed by atoms with Gasteiger partial charge >= 0.3 is 0 Å². The first kappa shape index (κ1) is 44.1. The summed E-state index contributed by atoms with van der Waals surface area (Å²) in [6.07, 6.45) is 6.64. The molecule has 0 aromatic heterocycles. The predicted octanol–water partition coefficient (Wildman–Crippen LogP) is 20.0. The lowest BCUT2D eigenvalue weighted by molar-refractivity contribution is 0.443. The highest BCUT2D eigenvalue weighted by Gasteiger charge is 2.23. The fourth-order valence-electron chi connectivity index (χ4n) is 12.3. The summed E-state index contributed by atoms with van der Waals surface area (Å²) in [5.41, 5.74) is 16.5. The zero-order valence-corrected chi connectivity index (χ0v) is 42.6. The third kappa shape index (κ3) is 7.75. The summed E-state index contributed by atoms with van der Waals surface area (Å²) in [4.78, 5) is 0. The molecule has 0 saturated heterocycles. The second-order valence-electron chi connectivity index (χ2n) is 21.4. The maximum Gasteiger partial charge on any atom is 0.0775 e. The van der Waals surface area contributed by atoms with Gasteiger partial charge in [-0.15, -0.1) is 0 Å². The first-order valence-corrected chi connectivity index (χ1v) is 29.7. The molecule has 12 aromatic carbocycles. The van der Waals surface area contributed by atoms with Gasteiger partial charge in [0, 0.05) is 0 Å². The third-order valence-corrected chi connectivity index (χ3v) is 18.1. The monoisotopic (exact) mass is 938 g/mol. The molecule has 0 atom stereocenters. The Bertz CT molecular complexity index is 3990. The molecule has 0 unspecified atom stereocenters. The molecule has 1 saturated carbocycles. The second-order valence-corrected chi connectivity index (χ2v) is 26.4. The van der Waals surface area contributed by atoms with E-state index >= 15 is 0 Å². The van der Waals surface area contributed by atoms with Crippen molar-refractivity contribution in [3.8, 4) is 66.8 Å². The van der Waals surface area contributed by atoms with Crippen LogP contribution in [-0.4, -0.2) is 8.07 Å². The van der Waals surface area contributed by atoms with Crippen molar-refractivity contribution >= 4 is 67.1 Å². The van der Waals surface area contributed by atoms with Gasteiger partial charge in [-0.05, 0) is 157 Å². The summed E-state index contributed by atoms with van der Waals surface area (Å²) in [7, 11) is -1.39. The van der Waals surface area contributed by atoms with Gasteiger partial charge in [-0.25, -0.2) is 0 Å². The third-order valence-electron chi connectivity index (χ3n) is 16.0. The van der Waals surface area contributed by atoms with Gasteiger partial charge in [-0.3, -0.25) is 0 Å². The van der Waals surface area contributed by atoms with Crippen LogP contribution in [0.3, 0.4) is 0 Å². The minimum Gasteiger partial charge on any atom is -0.0656 e. The van der Waals surface area contributed by atoms with Gasteiger partial charge in [-0.1, -0.05) is 262 Å². The topological polar surface area (TPSA) is 0 Å². The molecular weight excluding hydrogens is 881 g/mol. The maximum atomic E-state index is 2.50. The predicted molar refractivity (Wildman–Crippen MR) is 315 cm³/mol. The van der Waals surface area contributed by atoms with Crippen LogP contribution in [0.5, 0.6) is 0 Å². The molecule has 1 aliphatic carbocycles. The lowest BCUT2D eigenvalue weighted by Crippen LogP contribution is -2.37. The molecular formula is C71H58Si. The molecule has 12 aromatic rings. The molecule has 1 aliphatic rings. The molecule has 13 rings (SSSR count). The number of hydrogen-bond acceptors (Lipinski definition) is 0. The average molecular weight is 939 g/mol. The summed E-state index contributed by atoms with van der Waals surface area (Å²) in [5, 5.41) is 14.2. The number of hydrogen-bond donors (Lipinski definition) is 0. The Morgan fingerprint density at radius 1 is 0.292 bits per heavy atom.